The van der Waals surface area contributed by atoms with Gasteiger partial charge in [-0.1, -0.05) is 52.3 Å². The summed E-state index contributed by atoms with van der Waals surface area (Å²) in [6.45, 7) is 2.51. The molecule has 0 radical (unpaired) electrons. The fourth-order valence-corrected chi connectivity index (χ4v) is 3.21. The van der Waals surface area contributed by atoms with E-state index in [0.29, 0.717) is 12.1 Å². The maximum atomic E-state index is 12.3. The second kappa shape index (κ2) is 7.05. The number of hydrogen-bond donors (Lipinski definition) is 0. The second-order valence-electron chi connectivity index (χ2n) is 5.61. The maximum absolute atomic E-state index is 12.3. The Bertz CT molecular complexity index is 924. The van der Waals surface area contributed by atoms with E-state index in [1.165, 1.54) is 12.5 Å². The summed E-state index contributed by atoms with van der Waals surface area (Å²) in [5.41, 5.74) is 3.77. The summed E-state index contributed by atoms with van der Waals surface area (Å²) in [7, 11) is 1.41. The average Bonchev–Trinajstić information content (AvgIpc) is 2.91. The molecule has 0 saturated carbocycles. The molecule has 4 heteroatoms. The zero-order valence-electron chi connectivity index (χ0n) is 13.6. The minimum Gasteiger partial charge on any atom is -0.466 e. The Hall–Kier alpha value is -2.33. The summed E-state index contributed by atoms with van der Waals surface area (Å²) >= 11 is 3.52. The zero-order valence-corrected chi connectivity index (χ0v) is 15.2. The number of hydrogen-bond acceptors (Lipinski definition) is 2. The third-order valence-corrected chi connectivity index (χ3v) is 4.75. The van der Waals surface area contributed by atoms with Gasteiger partial charge in [-0.25, -0.2) is 4.79 Å². The quantitative estimate of drug-likeness (QED) is 0.470. The van der Waals surface area contributed by atoms with Crippen LogP contribution in [0.3, 0.4) is 0 Å². The molecule has 1 aromatic heterocycles. The van der Waals surface area contributed by atoms with Gasteiger partial charge in [0.15, 0.2) is 0 Å². The number of rotatable bonds is 4. The van der Waals surface area contributed by atoms with Crippen LogP contribution in [0.1, 0.15) is 11.3 Å². The van der Waals surface area contributed by atoms with Crippen molar-refractivity contribution in [2.24, 2.45) is 0 Å². The van der Waals surface area contributed by atoms with Crippen molar-refractivity contribution in [3.05, 3.63) is 75.9 Å². The van der Waals surface area contributed by atoms with Gasteiger partial charge in [-0.15, -0.1) is 0 Å². The molecule has 1 heterocycles. The number of benzene rings is 2. The predicted octanol–water partition coefficient (Wildman–Crippen LogP) is 4.97. The smallest absolute Gasteiger partial charge is 0.335 e. The zero-order chi connectivity index (χ0) is 17.1. The van der Waals surface area contributed by atoms with Gasteiger partial charge < -0.3 is 9.30 Å². The Morgan fingerprint density at radius 3 is 2.62 bits per heavy atom. The number of carbonyl (C=O) groups excluding carboxylic acids is 1. The summed E-state index contributed by atoms with van der Waals surface area (Å²) in [4.78, 5) is 12.3. The molecule has 0 atom stereocenters. The molecule has 3 aromatic rings. The fourth-order valence-electron chi connectivity index (χ4n) is 2.81. The summed E-state index contributed by atoms with van der Waals surface area (Å²) in [6.07, 6.45) is 1.88. The number of ether oxygens (including phenoxy) is 1. The minimum atomic E-state index is -0.317. The molecule has 122 valence electrons. The molecule has 0 fully saturated rings. The number of esters is 1. The van der Waals surface area contributed by atoms with Crippen LogP contribution in [0.5, 0.6) is 0 Å². The average molecular weight is 384 g/mol. The molecule has 0 spiro atoms. The third-order valence-electron chi connectivity index (χ3n) is 4.03. The molecule has 0 bridgehead atoms. The fraction of sp³-hybridized carbons (Fsp3) is 0.150. The first-order valence-corrected chi connectivity index (χ1v) is 8.47. The molecule has 0 N–H and O–H groups in total. The maximum Gasteiger partial charge on any atom is 0.335 e. The van der Waals surface area contributed by atoms with Gasteiger partial charge in [0.1, 0.15) is 0 Å². The van der Waals surface area contributed by atoms with Crippen molar-refractivity contribution in [3.63, 3.8) is 0 Å². The van der Waals surface area contributed by atoms with Crippen molar-refractivity contribution in [1.29, 1.82) is 0 Å². The van der Waals surface area contributed by atoms with Crippen LogP contribution in [-0.2, 0) is 16.1 Å². The number of fused-ring (bicyclic) bond motifs is 1. The van der Waals surface area contributed by atoms with E-state index in [0.717, 1.165) is 21.2 Å². The molecule has 2 aromatic carbocycles. The van der Waals surface area contributed by atoms with Crippen LogP contribution in [0.15, 0.2) is 64.6 Å². The second-order valence-corrected chi connectivity index (χ2v) is 6.47. The Morgan fingerprint density at radius 2 is 1.88 bits per heavy atom. The van der Waals surface area contributed by atoms with Crippen LogP contribution in [0.25, 0.3) is 17.0 Å². The molecule has 0 amide bonds. The molecular formula is C20H18BrNO2. The Balaban J connectivity index is 2.06. The molecule has 0 saturated heterocycles. The first-order valence-electron chi connectivity index (χ1n) is 7.68. The highest BCUT2D eigenvalue weighted by Crippen LogP contribution is 2.23. The van der Waals surface area contributed by atoms with Gasteiger partial charge in [-0.05, 0) is 42.1 Å². The lowest BCUT2D eigenvalue weighted by atomic mass is 10.1. The van der Waals surface area contributed by atoms with E-state index >= 15 is 0 Å². The minimum absolute atomic E-state index is 0.317. The van der Waals surface area contributed by atoms with E-state index in [1.54, 1.807) is 0 Å². The number of para-hydroxylation sites is 1. The van der Waals surface area contributed by atoms with Crippen molar-refractivity contribution in [2.45, 2.75) is 13.5 Å². The van der Waals surface area contributed by atoms with Crippen LogP contribution >= 0.6 is 15.9 Å². The molecule has 0 aliphatic rings. The van der Waals surface area contributed by atoms with Gasteiger partial charge >= 0.3 is 5.97 Å². The van der Waals surface area contributed by atoms with E-state index < -0.39 is 0 Å². The molecule has 0 aliphatic carbocycles. The predicted molar refractivity (Wildman–Crippen MR) is 101 cm³/mol. The molecule has 3 rings (SSSR count). The van der Waals surface area contributed by atoms with Crippen molar-refractivity contribution >= 4 is 38.9 Å². The number of carbonyl (C=O) groups is 1. The number of halogens is 1. The van der Waals surface area contributed by atoms with E-state index in [1.807, 2.05) is 49.4 Å². The Morgan fingerprint density at radius 1 is 1.17 bits per heavy atom. The molecule has 0 aliphatic heterocycles. The lowest BCUT2D eigenvalue weighted by Crippen LogP contribution is -2.12. The van der Waals surface area contributed by atoms with E-state index in [2.05, 4.69) is 38.7 Å². The highest BCUT2D eigenvalue weighted by atomic mass is 79.9. The summed E-state index contributed by atoms with van der Waals surface area (Å²) in [6, 6.07) is 18.1. The largest absolute Gasteiger partial charge is 0.466 e. The summed E-state index contributed by atoms with van der Waals surface area (Å²) < 4.78 is 8.07. The van der Waals surface area contributed by atoms with Gasteiger partial charge in [-0.3, -0.25) is 0 Å². The first kappa shape index (κ1) is 16.5. The standard InChI is InChI=1S/C20H18BrNO2/c1-14-11-16-8-4-6-10-19(16)22(14)13-17(20(23)24-2)12-15-7-3-5-9-18(15)21/h3-12H,13H2,1-2H3/b17-12+. The lowest BCUT2D eigenvalue weighted by molar-refractivity contribution is -0.136. The van der Waals surface area contributed by atoms with Gasteiger partial charge in [0.25, 0.3) is 0 Å². The monoisotopic (exact) mass is 383 g/mol. The number of aromatic nitrogens is 1. The molecule has 3 nitrogen and oxygen atoms in total. The highest BCUT2D eigenvalue weighted by molar-refractivity contribution is 9.10. The normalized spacial score (nSPS) is 11.7. The van der Waals surface area contributed by atoms with Crippen molar-refractivity contribution in [2.75, 3.05) is 7.11 Å². The first-order chi connectivity index (χ1) is 11.6. The molecule has 24 heavy (non-hydrogen) atoms. The molecular weight excluding hydrogens is 366 g/mol. The van der Waals surface area contributed by atoms with Gasteiger partial charge in [0.05, 0.1) is 19.2 Å². The Kier molecular flexibility index (Phi) is 4.86. The van der Waals surface area contributed by atoms with Gasteiger partial charge in [0, 0.05) is 15.7 Å². The summed E-state index contributed by atoms with van der Waals surface area (Å²) in [5.74, 6) is -0.317. The van der Waals surface area contributed by atoms with Crippen LogP contribution in [-0.4, -0.2) is 17.6 Å². The third kappa shape index (κ3) is 3.29. The highest BCUT2D eigenvalue weighted by Gasteiger charge is 2.14. The molecule has 0 unspecified atom stereocenters. The van der Waals surface area contributed by atoms with Crippen molar-refractivity contribution < 1.29 is 9.53 Å². The number of methoxy groups -OCH3 is 1. The van der Waals surface area contributed by atoms with Crippen molar-refractivity contribution in [3.8, 4) is 0 Å². The van der Waals surface area contributed by atoms with E-state index in [4.69, 9.17) is 4.74 Å². The Labute approximate surface area is 149 Å². The van der Waals surface area contributed by atoms with Crippen LogP contribution in [0.2, 0.25) is 0 Å². The SMILES string of the molecule is COC(=O)/C(=C/c1ccccc1Br)Cn1c(C)cc2ccccc21. The number of nitrogens with zero attached hydrogens (tertiary/aromatic N) is 1. The van der Waals surface area contributed by atoms with E-state index in [-0.39, 0.29) is 5.97 Å². The van der Waals surface area contributed by atoms with Crippen LogP contribution < -0.4 is 0 Å². The summed E-state index contributed by atoms with van der Waals surface area (Å²) in [5, 5.41) is 1.17. The van der Waals surface area contributed by atoms with Gasteiger partial charge in [0.2, 0.25) is 0 Å². The number of aryl methyl sites for hydroxylation is 1. The van der Waals surface area contributed by atoms with E-state index in [9.17, 15) is 4.79 Å². The van der Waals surface area contributed by atoms with Crippen molar-refractivity contribution in [1.82, 2.24) is 4.57 Å². The van der Waals surface area contributed by atoms with Gasteiger partial charge in [-0.2, -0.15) is 0 Å². The topological polar surface area (TPSA) is 31.2 Å². The van der Waals surface area contributed by atoms with Crippen LogP contribution in [0.4, 0.5) is 0 Å². The van der Waals surface area contributed by atoms with Crippen LogP contribution in [0, 0.1) is 6.92 Å². The lowest BCUT2D eigenvalue weighted by Gasteiger charge is -2.11.